The molecule has 2 nitrogen and oxygen atoms in total. The van der Waals surface area contributed by atoms with Gasteiger partial charge in [-0.25, -0.2) is 0 Å². The Balaban J connectivity index is 2.25. The highest BCUT2D eigenvalue weighted by Crippen LogP contribution is 2.38. The number of ether oxygens (including phenoxy) is 1. The summed E-state index contributed by atoms with van der Waals surface area (Å²) in [5.41, 5.74) is 7.05. The van der Waals surface area contributed by atoms with E-state index in [2.05, 4.69) is 4.74 Å². The van der Waals surface area contributed by atoms with Crippen LogP contribution in [0.1, 0.15) is 36.3 Å². The van der Waals surface area contributed by atoms with Gasteiger partial charge in [0.1, 0.15) is 5.75 Å². The van der Waals surface area contributed by atoms with Gasteiger partial charge in [0.05, 0.1) is 0 Å². The highest BCUT2D eigenvalue weighted by atomic mass is 19.4. The molecule has 1 aromatic rings. The number of benzene rings is 1. The largest absolute Gasteiger partial charge is 0.573 e. The van der Waals surface area contributed by atoms with Gasteiger partial charge < -0.3 is 10.5 Å². The average Bonchev–Trinajstić information content (AvgIpc) is 2.11. The quantitative estimate of drug-likeness (QED) is 0.886. The fourth-order valence-electron chi connectivity index (χ4n) is 1.97. The van der Waals surface area contributed by atoms with E-state index in [0.717, 1.165) is 24.8 Å². The fraction of sp³-hybridized carbons (Fsp3) is 0.500. The second-order valence-electron chi connectivity index (χ2n) is 4.29. The normalized spacial score (nSPS) is 16.7. The minimum Gasteiger partial charge on any atom is -0.406 e. The summed E-state index contributed by atoms with van der Waals surface area (Å²) in [6.45, 7) is 0.217. The summed E-state index contributed by atoms with van der Waals surface area (Å²) in [5, 5.41) is 0. The SMILES string of the molecule is NCc1cc(OC(F)(F)F)cc(C2CCC2)c1. The molecule has 1 saturated carbocycles. The van der Waals surface area contributed by atoms with Crippen LogP contribution in [0, 0.1) is 0 Å². The lowest BCUT2D eigenvalue weighted by atomic mass is 9.79. The van der Waals surface area contributed by atoms with Crippen LogP contribution in [-0.2, 0) is 6.54 Å². The van der Waals surface area contributed by atoms with Gasteiger partial charge in [0.25, 0.3) is 0 Å². The van der Waals surface area contributed by atoms with Gasteiger partial charge in [0.15, 0.2) is 0 Å². The first kappa shape index (κ1) is 12.2. The van der Waals surface area contributed by atoms with Crippen LogP contribution >= 0.6 is 0 Å². The van der Waals surface area contributed by atoms with Crippen LogP contribution in [0.5, 0.6) is 5.75 Å². The molecule has 17 heavy (non-hydrogen) atoms. The maximum atomic E-state index is 12.2. The third-order valence-corrected chi connectivity index (χ3v) is 3.03. The van der Waals surface area contributed by atoms with Crippen molar-refractivity contribution in [3.63, 3.8) is 0 Å². The molecule has 94 valence electrons. The molecule has 1 aromatic carbocycles. The van der Waals surface area contributed by atoms with Crippen molar-refractivity contribution >= 4 is 0 Å². The predicted octanol–water partition coefficient (Wildman–Crippen LogP) is 3.31. The van der Waals surface area contributed by atoms with Crippen LogP contribution in [0.3, 0.4) is 0 Å². The summed E-state index contributed by atoms with van der Waals surface area (Å²) in [6, 6.07) is 4.68. The Morgan fingerprint density at radius 1 is 1.24 bits per heavy atom. The van der Waals surface area contributed by atoms with Gasteiger partial charge in [-0.05, 0) is 42.0 Å². The second-order valence-corrected chi connectivity index (χ2v) is 4.29. The van der Waals surface area contributed by atoms with Crippen molar-refractivity contribution in [2.24, 2.45) is 5.73 Å². The lowest BCUT2D eigenvalue weighted by molar-refractivity contribution is -0.274. The Bertz CT molecular complexity index is 399. The molecule has 2 N–H and O–H groups in total. The zero-order chi connectivity index (χ0) is 12.5. The van der Waals surface area contributed by atoms with E-state index in [-0.39, 0.29) is 12.3 Å². The monoisotopic (exact) mass is 245 g/mol. The number of hydrogen-bond acceptors (Lipinski definition) is 2. The van der Waals surface area contributed by atoms with E-state index in [1.807, 2.05) is 6.07 Å². The summed E-state index contributed by atoms with van der Waals surface area (Å²) in [4.78, 5) is 0. The van der Waals surface area contributed by atoms with Crippen LogP contribution in [0.15, 0.2) is 18.2 Å². The Hall–Kier alpha value is -1.23. The van der Waals surface area contributed by atoms with Crippen LogP contribution in [0.25, 0.3) is 0 Å². The van der Waals surface area contributed by atoms with Crippen LogP contribution < -0.4 is 10.5 Å². The molecule has 0 amide bonds. The van der Waals surface area contributed by atoms with Gasteiger partial charge in [-0.1, -0.05) is 12.5 Å². The van der Waals surface area contributed by atoms with Crippen molar-refractivity contribution in [3.05, 3.63) is 29.3 Å². The highest BCUT2D eigenvalue weighted by molar-refractivity contribution is 5.37. The van der Waals surface area contributed by atoms with Gasteiger partial charge in [-0.15, -0.1) is 13.2 Å². The van der Waals surface area contributed by atoms with Crippen molar-refractivity contribution in [2.45, 2.75) is 38.1 Å². The van der Waals surface area contributed by atoms with E-state index in [1.165, 1.54) is 12.1 Å². The predicted molar refractivity (Wildman–Crippen MR) is 57.6 cm³/mol. The molecule has 1 aliphatic carbocycles. The van der Waals surface area contributed by atoms with Gasteiger partial charge in [-0.3, -0.25) is 0 Å². The summed E-state index contributed by atoms with van der Waals surface area (Å²) in [7, 11) is 0. The van der Waals surface area contributed by atoms with Crippen molar-refractivity contribution < 1.29 is 17.9 Å². The summed E-state index contributed by atoms with van der Waals surface area (Å²) in [6.07, 6.45) is -1.46. The molecule has 0 heterocycles. The highest BCUT2D eigenvalue weighted by Gasteiger charge is 2.31. The van der Waals surface area contributed by atoms with Gasteiger partial charge in [-0.2, -0.15) is 0 Å². The summed E-state index contributed by atoms with van der Waals surface area (Å²) in [5.74, 6) is 0.194. The van der Waals surface area contributed by atoms with Crippen LogP contribution in [0.2, 0.25) is 0 Å². The lowest BCUT2D eigenvalue weighted by Gasteiger charge is -2.26. The summed E-state index contributed by atoms with van der Waals surface area (Å²) < 4.78 is 40.4. The molecule has 0 unspecified atom stereocenters. The Morgan fingerprint density at radius 3 is 2.41 bits per heavy atom. The van der Waals surface area contributed by atoms with Gasteiger partial charge >= 0.3 is 6.36 Å². The molecule has 0 aliphatic heterocycles. The Kier molecular flexibility index (Phi) is 3.28. The van der Waals surface area contributed by atoms with Gasteiger partial charge in [0, 0.05) is 6.54 Å². The van der Waals surface area contributed by atoms with Crippen molar-refractivity contribution in [3.8, 4) is 5.75 Å². The molecule has 5 heteroatoms. The number of hydrogen-bond donors (Lipinski definition) is 1. The first-order valence-electron chi connectivity index (χ1n) is 5.57. The molecule has 2 rings (SSSR count). The van der Waals surface area contributed by atoms with E-state index >= 15 is 0 Å². The molecule has 0 radical (unpaired) electrons. The molecule has 1 aliphatic rings. The number of nitrogens with two attached hydrogens (primary N) is 1. The van der Waals surface area contributed by atoms with E-state index in [9.17, 15) is 13.2 Å². The fourth-order valence-corrected chi connectivity index (χ4v) is 1.97. The number of halogens is 3. The molecule has 0 spiro atoms. The van der Waals surface area contributed by atoms with Crippen molar-refractivity contribution in [1.29, 1.82) is 0 Å². The Labute approximate surface area is 97.6 Å². The van der Waals surface area contributed by atoms with Gasteiger partial charge in [0.2, 0.25) is 0 Å². The van der Waals surface area contributed by atoms with E-state index < -0.39 is 6.36 Å². The minimum absolute atomic E-state index is 0.164. The molecule has 0 atom stereocenters. The third kappa shape index (κ3) is 3.12. The van der Waals surface area contributed by atoms with Crippen molar-refractivity contribution in [2.75, 3.05) is 0 Å². The first-order chi connectivity index (χ1) is 7.98. The van der Waals surface area contributed by atoms with Crippen LogP contribution in [0.4, 0.5) is 13.2 Å². The summed E-state index contributed by atoms with van der Waals surface area (Å²) >= 11 is 0. The van der Waals surface area contributed by atoms with E-state index in [1.54, 1.807) is 0 Å². The molecule has 1 fully saturated rings. The number of rotatable bonds is 3. The topological polar surface area (TPSA) is 35.2 Å². The molecule has 0 aromatic heterocycles. The first-order valence-corrected chi connectivity index (χ1v) is 5.57. The molecule has 0 saturated heterocycles. The zero-order valence-electron chi connectivity index (χ0n) is 9.26. The average molecular weight is 245 g/mol. The maximum absolute atomic E-state index is 12.2. The number of alkyl halides is 3. The Morgan fingerprint density at radius 2 is 1.94 bits per heavy atom. The zero-order valence-corrected chi connectivity index (χ0v) is 9.26. The van der Waals surface area contributed by atoms with Crippen LogP contribution in [-0.4, -0.2) is 6.36 Å². The maximum Gasteiger partial charge on any atom is 0.573 e. The minimum atomic E-state index is -4.65. The second kappa shape index (κ2) is 4.56. The van der Waals surface area contributed by atoms with E-state index in [4.69, 9.17) is 5.73 Å². The molecule has 0 bridgehead atoms. The van der Waals surface area contributed by atoms with E-state index in [0.29, 0.717) is 11.5 Å². The van der Waals surface area contributed by atoms with Crippen molar-refractivity contribution in [1.82, 2.24) is 0 Å². The molecular formula is C12H14F3NO. The lowest BCUT2D eigenvalue weighted by Crippen LogP contribution is -2.18. The molecular weight excluding hydrogens is 231 g/mol. The standard InChI is InChI=1S/C12H14F3NO/c13-12(14,15)17-11-5-8(7-16)4-10(6-11)9-2-1-3-9/h4-6,9H,1-3,7,16H2. The smallest absolute Gasteiger partial charge is 0.406 e. The third-order valence-electron chi connectivity index (χ3n) is 3.03.